The third-order valence-electron chi connectivity index (χ3n) is 2.30. The van der Waals surface area contributed by atoms with Gasteiger partial charge in [0.1, 0.15) is 6.33 Å². The molecule has 2 aromatic rings. The van der Waals surface area contributed by atoms with Gasteiger partial charge in [0.05, 0.1) is 6.04 Å². The van der Waals surface area contributed by atoms with Gasteiger partial charge < -0.3 is 0 Å². The number of hydrazine groups is 1. The highest BCUT2D eigenvalue weighted by atomic mass is 79.9. The van der Waals surface area contributed by atoms with Crippen LogP contribution in [0.4, 0.5) is 0 Å². The second-order valence-electron chi connectivity index (χ2n) is 3.29. The van der Waals surface area contributed by atoms with Crippen LogP contribution in [0.2, 0.25) is 0 Å². The van der Waals surface area contributed by atoms with Crippen molar-refractivity contribution in [1.29, 1.82) is 0 Å². The average molecular weight is 279 g/mol. The van der Waals surface area contributed by atoms with Crippen LogP contribution in [0.25, 0.3) is 0 Å². The summed E-state index contributed by atoms with van der Waals surface area (Å²) in [7, 11) is 0. The van der Waals surface area contributed by atoms with Gasteiger partial charge in [0.25, 0.3) is 0 Å². The minimum atomic E-state index is -0.114. The summed E-state index contributed by atoms with van der Waals surface area (Å²) < 4.78 is 1.00. The fourth-order valence-electron chi connectivity index (χ4n) is 1.53. The zero-order valence-corrected chi connectivity index (χ0v) is 10.1. The molecule has 0 aliphatic rings. The summed E-state index contributed by atoms with van der Waals surface area (Å²) in [6.07, 6.45) is 4.99. The fourth-order valence-corrected chi connectivity index (χ4v) is 2.05. The van der Waals surface area contributed by atoms with Crippen molar-refractivity contribution in [3.63, 3.8) is 0 Å². The monoisotopic (exact) mass is 278 g/mol. The molecular formula is C11H11BrN4. The number of hydrogen-bond acceptors (Lipinski definition) is 4. The van der Waals surface area contributed by atoms with Crippen LogP contribution in [0.5, 0.6) is 0 Å². The summed E-state index contributed by atoms with van der Waals surface area (Å²) in [4.78, 5) is 7.97. The first-order valence-electron chi connectivity index (χ1n) is 4.78. The molecule has 4 nitrogen and oxygen atoms in total. The van der Waals surface area contributed by atoms with Crippen LogP contribution in [0.15, 0.2) is 47.5 Å². The van der Waals surface area contributed by atoms with Gasteiger partial charge in [0.2, 0.25) is 0 Å². The Hall–Kier alpha value is -1.30. The topological polar surface area (TPSA) is 63.8 Å². The molecule has 1 atom stereocenters. The van der Waals surface area contributed by atoms with Gasteiger partial charge in [0, 0.05) is 22.4 Å². The van der Waals surface area contributed by atoms with Crippen molar-refractivity contribution in [3.05, 3.63) is 58.6 Å². The first-order valence-corrected chi connectivity index (χ1v) is 5.57. The molecular weight excluding hydrogens is 268 g/mol. The Morgan fingerprint density at radius 2 is 1.88 bits per heavy atom. The number of nitrogens with zero attached hydrogens (tertiary/aromatic N) is 2. The lowest BCUT2D eigenvalue weighted by Gasteiger charge is -2.17. The molecule has 0 saturated carbocycles. The van der Waals surface area contributed by atoms with Crippen LogP contribution in [-0.4, -0.2) is 9.97 Å². The molecule has 1 aromatic carbocycles. The molecule has 0 aliphatic carbocycles. The minimum Gasteiger partial charge on any atom is -0.271 e. The zero-order chi connectivity index (χ0) is 11.4. The van der Waals surface area contributed by atoms with Gasteiger partial charge >= 0.3 is 0 Å². The van der Waals surface area contributed by atoms with E-state index >= 15 is 0 Å². The Morgan fingerprint density at radius 1 is 1.19 bits per heavy atom. The molecule has 0 bridgehead atoms. The maximum Gasteiger partial charge on any atom is 0.115 e. The molecule has 1 heterocycles. The molecule has 0 fully saturated rings. The quantitative estimate of drug-likeness (QED) is 0.664. The number of rotatable bonds is 3. The van der Waals surface area contributed by atoms with E-state index in [1.807, 2.05) is 24.3 Å². The third kappa shape index (κ3) is 2.27. The smallest absolute Gasteiger partial charge is 0.115 e. The van der Waals surface area contributed by atoms with Gasteiger partial charge in [-0.15, -0.1) is 0 Å². The SMILES string of the molecule is NNC(c1cncnc1)c1ccccc1Br. The number of hydrogen-bond donors (Lipinski definition) is 2. The molecule has 0 amide bonds. The molecule has 5 heteroatoms. The van der Waals surface area contributed by atoms with Crippen molar-refractivity contribution < 1.29 is 0 Å². The minimum absolute atomic E-state index is 0.114. The Labute approximate surface area is 102 Å². The van der Waals surface area contributed by atoms with Gasteiger partial charge in [-0.25, -0.2) is 15.4 Å². The molecule has 0 radical (unpaired) electrons. The summed E-state index contributed by atoms with van der Waals surface area (Å²) in [6.45, 7) is 0. The van der Waals surface area contributed by atoms with E-state index in [9.17, 15) is 0 Å². The van der Waals surface area contributed by atoms with E-state index in [2.05, 4.69) is 31.3 Å². The molecule has 2 rings (SSSR count). The molecule has 1 unspecified atom stereocenters. The van der Waals surface area contributed by atoms with E-state index in [1.165, 1.54) is 6.33 Å². The van der Waals surface area contributed by atoms with E-state index in [-0.39, 0.29) is 6.04 Å². The van der Waals surface area contributed by atoms with Gasteiger partial charge in [0.15, 0.2) is 0 Å². The van der Waals surface area contributed by atoms with Crippen molar-refractivity contribution >= 4 is 15.9 Å². The first-order chi connectivity index (χ1) is 7.83. The third-order valence-corrected chi connectivity index (χ3v) is 3.02. The average Bonchev–Trinajstić information content (AvgIpc) is 2.34. The normalized spacial score (nSPS) is 12.4. The lowest BCUT2D eigenvalue weighted by Crippen LogP contribution is -2.29. The summed E-state index contributed by atoms with van der Waals surface area (Å²) in [6, 6.07) is 7.79. The summed E-state index contributed by atoms with van der Waals surface area (Å²) in [5.41, 5.74) is 4.75. The van der Waals surface area contributed by atoms with Crippen LogP contribution >= 0.6 is 15.9 Å². The zero-order valence-electron chi connectivity index (χ0n) is 8.47. The molecule has 0 saturated heterocycles. The van der Waals surface area contributed by atoms with Gasteiger partial charge in [-0.05, 0) is 11.6 Å². The number of nitrogens with two attached hydrogens (primary N) is 1. The van der Waals surface area contributed by atoms with Gasteiger partial charge in [-0.1, -0.05) is 34.1 Å². The molecule has 0 aliphatic heterocycles. The van der Waals surface area contributed by atoms with E-state index in [1.54, 1.807) is 12.4 Å². The van der Waals surface area contributed by atoms with E-state index < -0.39 is 0 Å². The van der Waals surface area contributed by atoms with Crippen molar-refractivity contribution in [3.8, 4) is 0 Å². The number of aromatic nitrogens is 2. The number of nitrogens with one attached hydrogen (secondary N) is 1. The highest BCUT2D eigenvalue weighted by molar-refractivity contribution is 9.10. The van der Waals surface area contributed by atoms with Crippen molar-refractivity contribution in [2.75, 3.05) is 0 Å². The summed E-state index contributed by atoms with van der Waals surface area (Å²) >= 11 is 3.50. The second kappa shape index (κ2) is 5.16. The largest absolute Gasteiger partial charge is 0.271 e. The predicted molar refractivity (Wildman–Crippen MR) is 65.3 cm³/mol. The Kier molecular flexibility index (Phi) is 3.61. The van der Waals surface area contributed by atoms with E-state index in [0.717, 1.165) is 15.6 Å². The fraction of sp³-hybridized carbons (Fsp3) is 0.0909. The van der Waals surface area contributed by atoms with E-state index in [4.69, 9.17) is 5.84 Å². The van der Waals surface area contributed by atoms with Crippen LogP contribution in [0, 0.1) is 0 Å². The van der Waals surface area contributed by atoms with E-state index in [0.29, 0.717) is 0 Å². The summed E-state index contributed by atoms with van der Waals surface area (Å²) in [5.74, 6) is 5.58. The molecule has 3 N–H and O–H groups in total. The van der Waals surface area contributed by atoms with Crippen molar-refractivity contribution in [1.82, 2.24) is 15.4 Å². The first kappa shape index (κ1) is 11.2. The number of benzene rings is 1. The second-order valence-corrected chi connectivity index (χ2v) is 4.15. The molecule has 0 spiro atoms. The highest BCUT2D eigenvalue weighted by Crippen LogP contribution is 2.26. The lowest BCUT2D eigenvalue weighted by molar-refractivity contribution is 0.629. The van der Waals surface area contributed by atoms with Gasteiger partial charge in [-0.2, -0.15) is 0 Å². The Balaban J connectivity index is 2.41. The molecule has 16 heavy (non-hydrogen) atoms. The lowest BCUT2D eigenvalue weighted by atomic mass is 10.0. The maximum absolute atomic E-state index is 5.58. The van der Waals surface area contributed by atoms with Crippen LogP contribution < -0.4 is 11.3 Å². The Bertz CT molecular complexity index is 461. The van der Waals surface area contributed by atoms with Crippen LogP contribution in [0.1, 0.15) is 17.2 Å². The Morgan fingerprint density at radius 3 is 2.50 bits per heavy atom. The number of halogens is 1. The van der Waals surface area contributed by atoms with Crippen LogP contribution in [-0.2, 0) is 0 Å². The highest BCUT2D eigenvalue weighted by Gasteiger charge is 2.14. The molecule has 1 aromatic heterocycles. The van der Waals surface area contributed by atoms with Crippen LogP contribution in [0.3, 0.4) is 0 Å². The molecule has 82 valence electrons. The van der Waals surface area contributed by atoms with Crippen molar-refractivity contribution in [2.24, 2.45) is 5.84 Å². The maximum atomic E-state index is 5.58. The summed E-state index contributed by atoms with van der Waals surface area (Å²) in [5, 5.41) is 0. The predicted octanol–water partition coefficient (Wildman–Crippen LogP) is 1.79. The van der Waals surface area contributed by atoms with Crippen molar-refractivity contribution in [2.45, 2.75) is 6.04 Å². The van der Waals surface area contributed by atoms with Gasteiger partial charge in [-0.3, -0.25) is 5.84 Å². The standard InChI is InChI=1S/C11H11BrN4/c12-10-4-2-1-3-9(10)11(16-13)8-5-14-7-15-6-8/h1-7,11,16H,13H2.